The van der Waals surface area contributed by atoms with Crippen LogP contribution in [0.2, 0.25) is 0 Å². The zero-order valence-corrected chi connectivity index (χ0v) is 10.9. The van der Waals surface area contributed by atoms with E-state index in [4.69, 9.17) is 15.7 Å². The molecule has 1 atom stereocenters. The molecule has 0 spiro atoms. The molecule has 0 bridgehead atoms. The zero-order valence-electron chi connectivity index (χ0n) is 10.9. The summed E-state index contributed by atoms with van der Waals surface area (Å²) in [5.74, 6) is 2.42. The molecule has 1 unspecified atom stereocenters. The number of carbonyl (C=O) groups is 1. The summed E-state index contributed by atoms with van der Waals surface area (Å²) in [6, 6.07) is 0. The van der Waals surface area contributed by atoms with E-state index < -0.39 is 0 Å². The van der Waals surface area contributed by atoms with Gasteiger partial charge in [0.05, 0.1) is 19.2 Å². The summed E-state index contributed by atoms with van der Waals surface area (Å²) >= 11 is 0. The molecule has 0 aliphatic carbocycles. The highest BCUT2D eigenvalue weighted by Gasteiger charge is 2.23. The predicted molar refractivity (Wildman–Crippen MR) is 65.0 cm³/mol. The van der Waals surface area contributed by atoms with Gasteiger partial charge >= 0.3 is 5.97 Å². The van der Waals surface area contributed by atoms with Gasteiger partial charge in [-0.1, -0.05) is 5.16 Å². The van der Waals surface area contributed by atoms with Gasteiger partial charge in [-0.25, -0.2) is 0 Å². The number of methoxy groups -OCH3 is 2. The van der Waals surface area contributed by atoms with Gasteiger partial charge in [-0.15, -0.1) is 6.42 Å². The average Bonchev–Trinajstić information content (AvgIpc) is 2.75. The van der Waals surface area contributed by atoms with Gasteiger partial charge in [0.2, 0.25) is 5.76 Å². The number of nitrogens with zero attached hydrogens (tertiary/aromatic N) is 1. The maximum atomic E-state index is 11.4. The average molecular weight is 251 g/mol. The minimum absolute atomic E-state index is 0.108. The normalized spacial score (nSPS) is 11.9. The van der Waals surface area contributed by atoms with Crippen molar-refractivity contribution in [3.63, 3.8) is 0 Å². The maximum absolute atomic E-state index is 11.4. The van der Waals surface area contributed by atoms with Gasteiger partial charge in [0.25, 0.3) is 0 Å². The molecule has 18 heavy (non-hydrogen) atoms. The molecule has 0 amide bonds. The monoisotopic (exact) mass is 251 g/mol. The first-order valence-corrected chi connectivity index (χ1v) is 5.62. The Balaban J connectivity index is 2.90. The van der Waals surface area contributed by atoms with Crippen LogP contribution in [0.5, 0.6) is 0 Å². The second kappa shape index (κ2) is 6.82. The molecule has 98 valence electrons. The third-order valence-corrected chi connectivity index (χ3v) is 2.79. The molecule has 0 N–H and O–H groups in total. The van der Waals surface area contributed by atoms with E-state index in [1.807, 2.05) is 6.92 Å². The van der Waals surface area contributed by atoms with Crippen LogP contribution in [0.15, 0.2) is 4.52 Å². The molecule has 5 heteroatoms. The Kier molecular flexibility index (Phi) is 5.40. The fraction of sp³-hybridized carbons (Fsp3) is 0.538. The number of hydrogen-bond acceptors (Lipinski definition) is 5. The van der Waals surface area contributed by atoms with E-state index in [2.05, 4.69) is 15.8 Å². The van der Waals surface area contributed by atoms with Crippen LogP contribution >= 0.6 is 0 Å². The molecule has 0 aliphatic heterocycles. The number of hydrogen-bond donors (Lipinski definition) is 0. The van der Waals surface area contributed by atoms with Crippen molar-refractivity contribution >= 4 is 5.97 Å². The lowest BCUT2D eigenvalue weighted by Crippen LogP contribution is -2.12. The van der Waals surface area contributed by atoms with E-state index in [0.29, 0.717) is 24.5 Å². The van der Waals surface area contributed by atoms with Crippen LogP contribution in [0, 0.1) is 19.3 Å². The van der Waals surface area contributed by atoms with E-state index in [-0.39, 0.29) is 18.3 Å². The highest BCUT2D eigenvalue weighted by Crippen LogP contribution is 2.27. The van der Waals surface area contributed by atoms with Gasteiger partial charge in [-0.3, -0.25) is 4.79 Å². The fourth-order valence-electron chi connectivity index (χ4n) is 1.74. The van der Waals surface area contributed by atoms with Gasteiger partial charge in [-0.2, -0.15) is 0 Å². The number of rotatable bonds is 6. The Morgan fingerprint density at radius 3 is 2.78 bits per heavy atom. The number of aromatic nitrogens is 1. The Hall–Kier alpha value is -1.80. The number of carbonyl (C=O) groups excluding carboxylic acids is 1. The fourth-order valence-corrected chi connectivity index (χ4v) is 1.74. The van der Waals surface area contributed by atoms with Crippen LogP contribution in [0.25, 0.3) is 0 Å². The molecule has 0 radical (unpaired) electrons. The van der Waals surface area contributed by atoms with Gasteiger partial charge in [0, 0.05) is 25.2 Å². The first kappa shape index (κ1) is 14.3. The number of terminal acetylenes is 1. The Morgan fingerprint density at radius 1 is 1.56 bits per heavy atom. The molecule has 0 saturated carbocycles. The van der Waals surface area contributed by atoms with E-state index in [1.165, 1.54) is 7.11 Å². The molecule has 0 saturated heterocycles. The summed E-state index contributed by atoms with van der Waals surface area (Å²) in [6.07, 6.45) is 6.18. The van der Waals surface area contributed by atoms with E-state index >= 15 is 0 Å². The van der Waals surface area contributed by atoms with Gasteiger partial charge in [0.1, 0.15) is 0 Å². The lowest BCUT2D eigenvalue weighted by atomic mass is 9.94. The Morgan fingerprint density at radius 2 is 2.28 bits per heavy atom. The molecule has 1 rings (SSSR count). The summed E-state index contributed by atoms with van der Waals surface area (Å²) in [4.78, 5) is 11.4. The van der Waals surface area contributed by atoms with Gasteiger partial charge < -0.3 is 14.0 Å². The van der Waals surface area contributed by atoms with Crippen molar-refractivity contribution in [3.05, 3.63) is 17.0 Å². The molecule has 0 aliphatic rings. The lowest BCUT2D eigenvalue weighted by Gasteiger charge is -2.13. The van der Waals surface area contributed by atoms with E-state index in [1.54, 1.807) is 7.11 Å². The number of esters is 1. The molecule has 0 aromatic carbocycles. The minimum Gasteiger partial charge on any atom is -0.469 e. The van der Waals surface area contributed by atoms with Crippen molar-refractivity contribution in [2.75, 3.05) is 20.8 Å². The molecule has 1 aromatic rings. The molecule has 0 fully saturated rings. The lowest BCUT2D eigenvalue weighted by molar-refractivity contribution is -0.141. The van der Waals surface area contributed by atoms with Crippen molar-refractivity contribution < 1.29 is 18.8 Å². The minimum atomic E-state index is -0.291. The Bertz CT molecular complexity index is 444. The van der Waals surface area contributed by atoms with Crippen molar-refractivity contribution in [3.8, 4) is 12.3 Å². The summed E-state index contributed by atoms with van der Waals surface area (Å²) < 4.78 is 14.7. The van der Waals surface area contributed by atoms with Crippen molar-refractivity contribution in [1.82, 2.24) is 5.16 Å². The van der Waals surface area contributed by atoms with Crippen LogP contribution < -0.4 is 0 Å². The summed E-state index contributed by atoms with van der Waals surface area (Å²) in [6.45, 7) is 2.36. The van der Waals surface area contributed by atoms with Crippen molar-refractivity contribution in [2.24, 2.45) is 0 Å². The molecule has 5 nitrogen and oxygen atoms in total. The quantitative estimate of drug-likeness (QED) is 0.568. The smallest absolute Gasteiger partial charge is 0.306 e. The summed E-state index contributed by atoms with van der Waals surface area (Å²) in [5.41, 5.74) is 1.49. The first-order valence-electron chi connectivity index (χ1n) is 5.62. The molecular weight excluding hydrogens is 234 g/mol. The standard InChI is InChI=1S/C13H17NO4/c1-5-11-9(2)13(14-18-11)10(6-7-16-3)8-12(15)17-4/h1,10H,6-8H2,2-4H3. The second-order valence-corrected chi connectivity index (χ2v) is 3.92. The zero-order chi connectivity index (χ0) is 13.5. The topological polar surface area (TPSA) is 61.6 Å². The summed E-state index contributed by atoms with van der Waals surface area (Å²) in [5, 5.41) is 3.95. The van der Waals surface area contributed by atoms with Crippen LogP contribution in [-0.2, 0) is 14.3 Å². The molecule has 1 heterocycles. The van der Waals surface area contributed by atoms with E-state index in [9.17, 15) is 4.79 Å². The van der Waals surface area contributed by atoms with Crippen molar-refractivity contribution in [2.45, 2.75) is 25.7 Å². The number of ether oxygens (including phenoxy) is 2. The SMILES string of the molecule is C#Cc1onc(C(CCOC)CC(=O)OC)c1C. The first-order chi connectivity index (χ1) is 8.63. The molecular formula is C13H17NO4. The second-order valence-electron chi connectivity index (χ2n) is 3.92. The largest absolute Gasteiger partial charge is 0.469 e. The van der Waals surface area contributed by atoms with Crippen LogP contribution in [0.4, 0.5) is 0 Å². The van der Waals surface area contributed by atoms with Crippen molar-refractivity contribution in [1.29, 1.82) is 0 Å². The maximum Gasteiger partial charge on any atom is 0.306 e. The van der Waals surface area contributed by atoms with Crippen LogP contribution in [0.3, 0.4) is 0 Å². The third kappa shape index (κ3) is 3.34. The highest BCUT2D eigenvalue weighted by molar-refractivity contribution is 5.70. The third-order valence-electron chi connectivity index (χ3n) is 2.79. The van der Waals surface area contributed by atoms with Crippen LogP contribution in [0.1, 0.15) is 35.8 Å². The Labute approximate surface area is 106 Å². The highest BCUT2D eigenvalue weighted by atomic mass is 16.5. The predicted octanol–water partition coefficient (Wildman–Crippen LogP) is 1.65. The summed E-state index contributed by atoms with van der Waals surface area (Å²) in [7, 11) is 2.97. The van der Waals surface area contributed by atoms with E-state index in [0.717, 1.165) is 5.56 Å². The van der Waals surface area contributed by atoms with Crippen LogP contribution in [-0.4, -0.2) is 32.0 Å². The van der Waals surface area contributed by atoms with Gasteiger partial charge in [-0.05, 0) is 19.3 Å². The van der Waals surface area contributed by atoms with Gasteiger partial charge in [0.15, 0.2) is 0 Å². The molecule has 1 aromatic heterocycles.